The first kappa shape index (κ1) is 31.5. The highest BCUT2D eigenvalue weighted by atomic mass is 16.6. The Morgan fingerprint density at radius 2 is 1.90 bits per heavy atom. The highest BCUT2D eigenvalue weighted by Gasteiger charge is 2.47. The van der Waals surface area contributed by atoms with Crippen molar-refractivity contribution in [2.24, 2.45) is 17.8 Å². The fraction of sp³-hybridized carbons (Fsp3) is 0.625. The van der Waals surface area contributed by atoms with E-state index < -0.39 is 30.4 Å². The van der Waals surface area contributed by atoms with Gasteiger partial charge in [-0.1, -0.05) is 51.6 Å². The number of anilines is 1. The smallest absolute Gasteiger partial charge is 0.410 e. The molecule has 2 aliphatic rings. The summed E-state index contributed by atoms with van der Waals surface area (Å²) in [7, 11) is 0. The van der Waals surface area contributed by atoms with Crippen molar-refractivity contribution in [2.45, 2.75) is 104 Å². The Bertz CT molecular complexity index is 1230. The maximum Gasteiger partial charge on any atom is 0.410 e. The zero-order valence-electron chi connectivity index (χ0n) is 25.4. The van der Waals surface area contributed by atoms with Crippen molar-refractivity contribution in [3.63, 3.8) is 0 Å². The first-order chi connectivity index (χ1) is 20.1. The predicted molar refractivity (Wildman–Crippen MR) is 161 cm³/mol. The maximum atomic E-state index is 13.2. The quantitative estimate of drug-likeness (QED) is 0.336. The third-order valence-electron chi connectivity index (χ3n) is 8.81. The number of nitrogens with two attached hydrogens (primary N) is 1. The lowest BCUT2D eigenvalue weighted by Gasteiger charge is -2.33. The molecule has 230 valence electrons. The van der Waals surface area contributed by atoms with Crippen LogP contribution in [0.25, 0.3) is 11.3 Å². The fourth-order valence-corrected chi connectivity index (χ4v) is 6.18. The number of rotatable bonds is 7. The van der Waals surface area contributed by atoms with Crippen LogP contribution in [0.1, 0.15) is 72.6 Å². The molecule has 0 spiro atoms. The van der Waals surface area contributed by atoms with Crippen molar-refractivity contribution >= 4 is 17.6 Å². The Hall–Kier alpha value is -3.40. The summed E-state index contributed by atoms with van der Waals surface area (Å²) in [6.07, 6.45) is 4.10. The number of unbranched alkanes of at least 4 members (excludes halogenated alkanes) is 1. The molecule has 0 aliphatic carbocycles. The van der Waals surface area contributed by atoms with Gasteiger partial charge in [0.2, 0.25) is 0 Å². The number of hydrogen-bond acceptors (Lipinski definition) is 8. The zero-order chi connectivity index (χ0) is 30.4. The van der Waals surface area contributed by atoms with Gasteiger partial charge in [0.25, 0.3) is 0 Å². The van der Waals surface area contributed by atoms with Crippen molar-refractivity contribution < 1.29 is 24.2 Å². The molecule has 3 N–H and O–H groups in total. The van der Waals surface area contributed by atoms with Crippen LogP contribution in [-0.4, -0.2) is 67.8 Å². The first-order valence-electron chi connectivity index (χ1n) is 15.4. The SMILES string of the molecule is C=C1OC(CC)C2OC(=O)N(CCCCn3cc(-c4cccc(N)c4)nn3)[C@H]2CC(=O)CCC(C)CC(C)C(O)C1C. The van der Waals surface area contributed by atoms with E-state index in [1.807, 2.05) is 51.2 Å². The lowest BCUT2D eigenvalue weighted by molar-refractivity contribution is -0.121. The lowest BCUT2D eigenvalue weighted by atomic mass is 9.84. The van der Waals surface area contributed by atoms with Crippen LogP contribution in [0.5, 0.6) is 0 Å². The minimum absolute atomic E-state index is 0.0438. The average Bonchev–Trinajstić information content (AvgIpc) is 3.56. The molecule has 0 radical (unpaired) electrons. The molecule has 6 unspecified atom stereocenters. The normalized spacial score (nSPS) is 29.5. The molecule has 4 rings (SSSR count). The van der Waals surface area contributed by atoms with Gasteiger partial charge in [-0.15, -0.1) is 5.10 Å². The molecule has 1 aromatic heterocycles. The Balaban J connectivity index is 1.42. The van der Waals surface area contributed by atoms with Crippen molar-refractivity contribution in [2.75, 3.05) is 12.3 Å². The predicted octanol–water partition coefficient (Wildman–Crippen LogP) is 5.22. The van der Waals surface area contributed by atoms with Gasteiger partial charge in [0, 0.05) is 43.1 Å². The maximum absolute atomic E-state index is 13.2. The van der Waals surface area contributed by atoms with E-state index in [-0.39, 0.29) is 30.0 Å². The molecular formula is C32H47N5O5. The monoisotopic (exact) mass is 581 g/mol. The Kier molecular flexibility index (Phi) is 10.6. The number of nitrogen functional groups attached to an aromatic ring is 1. The number of Topliss-reactive ketones (excluding diaryl/α,β-unsaturated/α-hetero) is 1. The molecule has 10 heteroatoms. The number of aliphatic hydroxyl groups is 1. The molecule has 3 heterocycles. The Morgan fingerprint density at radius 1 is 1.14 bits per heavy atom. The zero-order valence-corrected chi connectivity index (χ0v) is 25.4. The van der Waals surface area contributed by atoms with Crippen molar-refractivity contribution in [1.29, 1.82) is 0 Å². The van der Waals surface area contributed by atoms with Crippen LogP contribution >= 0.6 is 0 Å². The van der Waals surface area contributed by atoms with E-state index in [1.54, 1.807) is 9.58 Å². The standard InChI is InChI=1S/C32H47N5O5/c1-6-29-31-28(18-26(38)13-12-20(2)16-21(3)30(39)22(4)23(5)41-29)37(32(40)42-31)15-8-7-14-36-19-27(34-35-36)24-10-9-11-25(33)17-24/h9-11,17,19-22,28-31,39H,5-8,12-16,18,33H2,1-4H3/t20?,21?,22?,28-,29?,30?,31?/m0/s1. The van der Waals surface area contributed by atoms with Crippen LogP contribution in [0.2, 0.25) is 0 Å². The number of hydrogen-bond donors (Lipinski definition) is 2. The number of aliphatic hydroxyl groups excluding tert-OH is 1. The summed E-state index contributed by atoms with van der Waals surface area (Å²) in [6.45, 7) is 13.3. The van der Waals surface area contributed by atoms with Crippen LogP contribution in [-0.2, 0) is 20.8 Å². The van der Waals surface area contributed by atoms with E-state index >= 15 is 0 Å². The molecule has 2 fully saturated rings. The van der Waals surface area contributed by atoms with Crippen LogP contribution in [0, 0.1) is 17.8 Å². The number of benzene rings is 1. The minimum atomic E-state index is -0.610. The number of carbonyl (C=O) groups excluding carboxylic acids is 2. The lowest BCUT2D eigenvalue weighted by Crippen LogP contribution is -2.44. The van der Waals surface area contributed by atoms with Crippen LogP contribution in [0.3, 0.4) is 0 Å². The molecule has 10 nitrogen and oxygen atoms in total. The van der Waals surface area contributed by atoms with Gasteiger partial charge in [-0.25, -0.2) is 4.79 Å². The van der Waals surface area contributed by atoms with Crippen LogP contribution in [0.15, 0.2) is 42.8 Å². The molecule has 0 saturated carbocycles. The Labute approximate surface area is 249 Å². The van der Waals surface area contributed by atoms with E-state index in [2.05, 4.69) is 23.8 Å². The van der Waals surface area contributed by atoms with Crippen molar-refractivity contribution in [3.8, 4) is 11.3 Å². The number of fused-ring (bicyclic) bond motifs is 1. The van der Waals surface area contributed by atoms with Gasteiger partial charge in [-0.05, 0) is 56.1 Å². The number of carbonyl (C=O) groups is 2. The van der Waals surface area contributed by atoms with Gasteiger partial charge >= 0.3 is 6.09 Å². The fourth-order valence-electron chi connectivity index (χ4n) is 6.18. The molecule has 0 bridgehead atoms. The number of nitrogens with zero attached hydrogens (tertiary/aromatic N) is 4. The second-order valence-electron chi connectivity index (χ2n) is 12.2. The van der Waals surface area contributed by atoms with Gasteiger partial charge in [0.15, 0.2) is 6.10 Å². The van der Waals surface area contributed by atoms with Crippen molar-refractivity contribution in [3.05, 3.63) is 42.8 Å². The van der Waals surface area contributed by atoms with Gasteiger partial charge in [-0.2, -0.15) is 0 Å². The third kappa shape index (κ3) is 7.70. The number of ketones is 1. The molecule has 1 amide bonds. The van der Waals surface area contributed by atoms with Crippen LogP contribution < -0.4 is 5.73 Å². The van der Waals surface area contributed by atoms with Gasteiger partial charge in [0.05, 0.1) is 24.1 Å². The second-order valence-corrected chi connectivity index (χ2v) is 12.2. The third-order valence-corrected chi connectivity index (χ3v) is 8.81. The summed E-state index contributed by atoms with van der Waals surface area (Å²) in [6, 6.07) is 7.11. The summed E-state index contributed by atoms with van der Waals surface area (Å²) >= 11 is 0. The summed E-state index contributed by atoms with van der Waals surface area (Å²) in [4.78, 5) is 28.0. The number of aromatic nitrogens is 3. The Morgan fingerprint density at radius 3 is 2.64 bits per heavy atom. The molecular weight excluding hydrogens is 534 g/mol. The van der Waals surface area contributed by atoms with Gasteiger partial charge < -0.3 is 25.2 Å². The summed E-state index contributed by atoms with van der Waals surface area (Å²) < 4.78 is 14.0. The number of amides is 1. The van der Waals surface area contributed by atoms with Crippen LogP contribution in [0.4, 0.5) is 10.5 Å². The van der Waals surface area contributed by atoms with E-state index in [0.29, 0.717) is 43.8 Å². The van der Waals surface area contributed by atoms with Crippen molar-refractivity contribution in [1.82, 2.24) is 19.9 Å². The topological polar surface area (TPSA) is 133 Å². The largest absolute Gasteiger partial charge is 0.491 e. The summed E-state index contributed by atoms with van der Waals surface area (Å²) in [5, 5.41) is 19.5. The van der Waals surface area contributed by atoms with E-state index in [4.69, 9.17) is 15.2 Å². The molecule has 7 atom stereocenters. The molecule has 2 aliphatic heterocycles. The average molecular weight is 582 g/mol. The van der Waals surface area contributed by atoms with Gasteiger partial charge in [0.1, 0.15) is 17.6 Å². The van der Waals surface area contributed by atoms with E-state index in [1.165, 1.54) is 0 Å². The molecule has 42 heavy (non-hydrogen) atoms. The minimum Gasteiger partial charge on any atom is -0.491 e. The first-order valence-corrected chi connectivity index (χ1v) is 15.4. The molecule has 2 saturated heterocycles. The molecule has 1 aromatic carbocycles. The molecule has 2 aromatic rings. The number of ether oxygens (including phenoxy) is 2. The second kappa shape index (κ2) is 14.2. The number of aryl methyl sites for hydroxylation is 1. The highest BCUT2D eigenvalue weighted by Crippen LogP contribution is 2.33. The van der Waals surface area contributed by atoms with E-state index in [9.17, 15) is 14.7 Å². The summed E-state index contributed by atoms with van der Waals surface area (Å²) in [5.74, 6) is 0.660. The van der Waals surface area contributed by atoms with E-state index in [0.717, 1.165) is 30.5 Å². The summed E-state index contributed by atoms with van der Waals surface area (Å²) in [5.41, 5.74) is 8.23. The highest BCUT2D eigenvalue weighted by molar-refractivity contribution is 5.81. The van der Waals surface area contributed by atoms with Gasteiger partial charge in [-0.3, -0.25) is 9.48 Å².